The Kier molecular flexibility index (Phi) is 6.51. The maximum atomic E-state index is 8.89. The molecule has 0 heterocycles. The van der Waals surface area contributed by atoms with Gasteiger partial charge in [-0.2, -0.15) is 0 Å². The molecule has 0 rings (SSSR count). The lowest BCUT2D eigenvalue weighted by Crippen LogP contribution is -2.16. The van der Waals surface area contributed by atoms with Crippen molar-refractivity contribution < 1.29 is 9.90 Å². The van der Waals surface area contributed by atoms with Crippen molar-refractivity contribution in [3.8, 4) is 0 Å². The number of carbonyl (C=O) groups excluding carboxylic acids is 1. The van der Waals surface area contributed by atoms with Crippen LogP contribution < -0.4 is 5.11 Å². The van der Waals surface area contributed by atoms with Gasteiger partial charge in [0.25, 0.3) is 0 Å². The van der Waals surface area contributed by atoms with Crippen molar-refractivity contribution in [3.05, 3.63) is 0 Å². The van der Waals surface area contributed by atoms with Crippen LogP contribution in [0.5, 0.6) is 0 Å². The Hall–Kier alpha value is -0.313. The van der Waals surface area contributed by atoms with Crippen LogP contribution in [0.4, 0.5) is 0 Å². The average Bonchev–Trinajstić information content (AvgIpc) is 0.811. The van der Waals surface area contributed by atoms with Crippen molar-refractivity contribution in [1.82, 2.24) is 0 Å². The molecule has 3 heteroatoms. The number of hydrogen-bond donors (Lipinski definition) is 0. The molecule has 0 aromatic heterocycles. The molecule has 5 heavy (non-hydrogen) atoms. The Bertz CT molecular complexity index is 30.6. The lowest BCUT2D eigenvalue weighted by molar-refractivity contribution is -0.302. The summed E-state index contributed by atoms with van der Waals surface area (Å²) in [5, 5.41) is 8.89. The summed E-state index contributed by atoms with van der Waals surface area (Å²) < 4.78 is 0. The summed E-state index contributed by atoms with van der Waals surface area (Å²) in [5.41, 5.74) is 0. The molecule has 0 saturated carbocycles. The van der Waals surface area contributed by atoms with Crippen LogP contribution in [-0.2, 0) is 4.79 Å². The minimum absolute atomic E-state index is 0. The first-order valence-corrected chi connectivity index (χ1v) is 0.908. The van der Waals surface area contributed by atoms with E-state index in [-0.39, 0.29) is 11.0 Å². The number of aliphatic carboxylic acids is 1. The summed E-state index contributed by atoms with van der Waals surface area (Å²) in [6, 6.07) is 0. The third kappa shape index (κ3) is 107. The third-order valence-corrected chi connectivity index (χ3v) is 0. The Morgan fingerprint density at radius 3 is 1.80 bits per heavy atom. The van der Waals surface area contributed by atoms with Gasteiger partial charge in [-0.25, -0.2) is 0 Å². The molecule has 0 bridgehead atoms. The first-order valence-electron chi connectivity index (χ1n) is 0.908. The monoisotopic (exact) mass is 87.0 g/mol. The summed E-state index contributed by atoms with van der Waals surface area (Å²) in [7, 11) is 0. The molecule has 28 valence electrons. The van der Waals surface area contributed by atoms with Crippen molar-refractivity contribution >= 4 is 16.9 Å². The highest BCUT2D eigenvalue weighted by molar-refractivity contribution is 5.75. The fraction of sp³-hybridized carbons (Fsp3) is 0.500. The summed E-state index contributed by atoms with van der Waals surface area (Å²) in [4.78, 5) is 8.89. The number of carboxylic acid groups (broad SMARTS) is 1. The fourth-order valence-corrected chi connectivity index (χ4v) is 0. The van der Waals surface area contributed by atoms with Crippen molar-refractivity contribution in [2.24, 2.45) is 0 Å². The molecule has 0 fully saturated rings. The Balaban J connectivity index is 0. The highest BCUT2D eigenvalue weighted by Crippen LogP contribution is 1.31. The van der Waals surface area contributed by atoms with Gasteiger partial charge in [-0.05, 0) is 6.92 Å². The lowest BCUT2D eigenvalue weighted by Gasteiger charge is -1.77. The van der Waals surface area contributed by atoms with Gasteiger partial charge in [0.1, 0.15) is 0 Å². The van der Waals surface area contributed by atoms with Gasteiger partial charge >= 0.3 is 0 Å². The summed E-state index contributed by atoms with van der Waals surface area (Å²) >= 11 is 0. The second-order valence-electron chi connectivity index (χ2n) is 0.492. The zero-order valence-electron chi connectivity index (χ0n) is 2.82. The highest BCUT2D eigenvalue weighted by Gasteiger charge is 1.46. The highest BCUT2D eigenvalue weighted by atomic mass is 28.1. The van der Waals surface area contributed by atoms with E-state index < -0.39 is 5.97 Å². The molecule has 0 spiro atoms. The van der Waals surface area contributed by atoms with Crippen LogP contribution >= 0.6 is 0 Å². The number of carboxylic acids is 1. The smallest absolute Gasteiger partial charge is 0.0383 e. The van der Waals surface area contributed by atoms with Gasteiger partial charge < -0.3 is 9.90 Å². The second kappa shape index (κ2) is 3.69. The largest absolute Gasteiger partial charge is 0.550 e. The van der Waals surface area contributed by atoms with E-state index in [9.17, 15) is 0 Å². The van der Waals surface area contributed by atoms with Crippen LogP contribution in [0, 0.1) is 0 Å². The molecule has 0 aromatic rings. The Morgan fingerprint density at radius 2 is 1.80 bits per heavy atom. The minimum Gasteiger partial charge on any atom is -0.550 e. The zero-order chi connectivity index (χ0) is 3.58. The van der Waals surface area contributed by atoms with Gasteiger partial charge in [-0.3, -0.25) is 0 Å². The van der Waals surface area contributed by atoms with Crippen LogP contribution in [0.25, 0.3) is 0 Å². The van der Waals surface area contributed by atoms with Crippen molar-refractivity contribution in [2.75, 3.05) is 0 Å². The third-order valence-electron chi connectivity index (χ3n) is 0. The van der Waals surface area contributed by atoms with Crippen LogP contribution in [0.3, 0.4) is 0 Å². The molecule has 0 atom stereocenters. The van der Waals surface area contributed by atoms with Crippen LogP contribution in [0.15, 0.2) is 0 Å². The average molecular weight is 87.1 g/mol. The van der Waals surface area contributed by atoms with E-state index in [0.29, 0.717) is 0 Å². The van der Waals surface area contributed by atoms with Crippen molar-refractivity contribution in [1.29, 1.82) is 0 Å². The standard InChI is InChI=1S/C2H4O2.Si/c1-2(3)4;/h1H3,(H,3,4);/p-1. The van der Waals surface area contributed by atoms with Gasteiger partial charge in [-0.15, -0.1) is 0 Å². The van der Waals surface area contributed by atoms with Crippen LogP contribution in [0.1, 0.15) is 6.92 Å². The summed E-state index contributed by atoms with van der Waals surface area (Å²) in [6.45, 7) is 0.972. The second-order valence-corrected chi connectivity index (χ2v) is 0.492. The van der Waals surface area contributed by atoms with Gasteiger partial charge in [0.2, 0.25) is 0 Å². The Labute approximate surface area is 34.8 Å². The summed E-state index contributed by atoms with van der Waals surface area (Å²) in [6.07, 6.45) is 0. The molecular formula is C2H3O2Si-. The van der Waals surface area contributed by atoms with E-state index in [2.05, 4.69) is 0 Å². The maximum Gasteiger partial charge on any atom is 0.0383 e. The predicted molar refractivity (Wildman–Crippen MR) is 16.4 cm³/mol. The molecular weight excluding hydrogens is 84.1 g/mol. The van der Waals surface area contributed by atoms with Gasteiger partial charge in [-0.1, -0.05) is 0 Å². The number of hydrogen-bond acceptors (Lipinski definition) is 2. The number of carbonyl (C=O) groups is 1. The molecule has 0 amide bonds. The summed E-state index contributed by atoms with van der Waals surface area (Å²) in [5.74, 6) is -1.08. The number of rotatable bonds is 0. The SMILES string of the molecule is CC(=O)[O-].[Si]. The first kappa shape index (κ1) is 8.82. The topological polar surface area (TPSA) is 40.1 Å². The Morgan fingerprint density at radius 1 is 1.80 bits per heavy atom. The molecule has 0 N–H and O–H groups in total. The van der Waals surface area contributed by atoms with Gasteiger partial charge in [0.05, 0.1) is 0 Å². The molecule has 0 aliphatic heterocycles. The van der Waals surface area contributed by atoms with Crippen molar-refractivity contribution in [2.45, 2.75) is 6.92 Å². The van der Waals surface area contributed by atoms with Crippen LogP contribution in [-0.4, -0.2) is 16.9 Å². The molecule has 0 aliphatic carbocycles. The lowest BCUT2D eigenvalue weighted by atomic mass is 10.9. The van der Waals surface area contributed by atoms with Crippen molar-refractivity contribution in [3.63, 3.8) is 0 Å². The molecule has 4 radical (unpaired) electrons. The maximum absolute atomic E-state index is 8.89. The minimum atomic E-state index is -1.08. The molecule has 0 unspecified atom stereocenters. The molecule has 0 aromatic carbocycles. The van der Waals surface area contributed by atoms with Gasteiger partial charge in [0, 0.05) is 16.9 Å². The van der Waals surface area contributed by atoms with E-state index in [1.807, 2.05) is 0 Å². The normalized spacial score (nSPS) is 5.00. The molecule has 0 aliphatic rings. The van der Waals surface area contributed by atoms with Gasteiger partial charge in [0.15, 0.2) is 0 Å². The fourth-order valence-electron chi connectivity index (χ4n) is 0. The quantitative estimate of drug-likeness (QED) is 0.333. The van der Waals surface area contributed by atoms with E-state index in [1.165, 1.54) is 0 Å². The predicted octanol–water partition coefficient (Wildman–Crippen LogP) is -1.62. The molecule has 0 saturated heterocycles. The van der Waals surface area contributed by atoms with E-state index in [1.54, 1.807) is 0 Å². The zero-order valence-corrected chi connectivity index (χ0v) is 3.82. The first-order chi connectivity index (χ1) is 1.73. The molecule has 2 nitrogen and oxygen atoms in total. The van der Waals surface area contributed by atoms with E-state index >= 15 is 0 Å². The van der Waals surface area contributed by atoms with E-state index in [0.717, 1.165) is 6.92 Å². The van der Waals surface area contributed by atoms with Crippen LogP contribution in [0.2, 0.25) is 0 Å². The van der Waals surface area contributed by atoms with E-state index in [4.69, 9.17) is 9.90 Å².